The van der Waals surface area contributed by atoms with E-state index in [1.807, 2.05) is 18.2 Å². The predicted molar refractivity (Wildman–Crippen MR) is 94.9 cm³/mol. The Morgan fingerprint density at radius 3 is 2.69 bits per heavy atom. The molecule has 0 amide bonds. The molecule has 5 rings (SSSR count). The molecule has 1 aliphatic heterocycles. The third-order valence-electron chi connectivity index (χ3n) is 5.22. The van der Waals surface area contributed by atoms with Gasteiger partial charge in [0.15, 0.2) is 0 Å². The van der Waals surface area contributed by atoms with Gasteiger partial charge in [-0.15, -0.1) is 0 Å². The molecule has 3 heterocycles. The highest BCUT2D eigenvalue weighted by Gasteiger charge is 2.49. The van der Waals surface area contributed by atoms with Gasteiger partial charge in [-0.2, -0.15) is 4.98 Å². The van der Waals surface area contributed by atoms with E-state index < -0.39 is 11.7 Å². The van der Waals surface area contributed by atoms with Crippen molar-refractivity contribution in [2.45, 2.75) is 37.4 Å². The molecule has 6 nitrogen and oxygen atoms in total. The van der Waals surface area contributed by atoms with Gasteiger partial charge in [0.05, 0.1) is 11.7 Å². The van der Waals surface area contributed by atoms with Crippen LogP contribution in [0.5, 0.6) is 5.88 Å². The summed E-state index contributed by atoms with van der Waals surface area (Å²) in [5.41, 5.74) is 1.95. The van der Waals surface area contributed by atoms with Gasteiger partial charge >= 0.3 is 0 Å². The Kier molecular flexibility index (Phi) is 3.52. The minimum absolute atomic E-state index is 0.378. The molecule has 1 fully saturated rings. The second-order valence-electron chi connectivity index (χ2n) is 6.86. The molecule has 1 aromatic carbocycles. The SMILES string of the molecule is O[C@@H]1Cc2cc(-c3nc(-c4ccc(Cl)cc4)no3)cnc2OC12CCC2. The molecule has 132 valence electrons. The van der Waals surface area contributed by atoms with E-state index in [1.54, 1.807) is 18.3 Å². The number of pyridine rings is 1. The van der Waals surface area contributed by atoms with Crippen LogP contribution in [0.1, 0.15) is 24.8 Å². The zero-order valence-electron chi connectivity index (χ0n) is 13.9. The first kappa shape index (κ1) is 15.8. The molecule has 0 bridgehead atoms. The highest BCUT2D eigenvalue weighted by Crippen LogP contribution is 2.44. The fourth-order valence-electron chi connectivity index (χ4n) is 3.53. The second kappa shape index (κ2) is 5.79. The quantitative estimate of drug-likeness (QED) is 0.742. The number of nitrogens with zero attached hydrogens (tertiary/aromatic N) is 3. The monoisotopic (exact) mass is 369 g/mol. The van der Waals surface area contributed by atoms with Crippen molar-refractivity contribution in [3.63, 3.8) is 0 Å². The summed E-state index contributed by atoms with van der Waals surface area (Å²) in [5.74, 6) is 1.46. The van der Waals surface area contributed by atoms with Crippen molar-refractivity contribution in [1.29, 1.82) is 0 Å². The standard InChI is InChI=1S/C19H16ClN3O3/c20-14-4-2-11(3-5-14)16-22-18(26-23-16)13-8-12-9-15(24)19(6-1-7-19)25-17(12)21-10-13/h2-5,8,10,15,24H,1,6-7,9H2/t15-/m1/s1. The number of rotatable bonds is 2. The first-order valence-corrected chi connectivity index (χ1v) is 8.97. The van der Waals surface area contributed by atoms with Crippen molar-refractivity contribution in [3.05, 3.63) is 47.1 Å². The average Bonchev–Trinajstić information content (AvgIpc) is 3.10. The molecular weight excluding hydrogens is 354 g/mol. The topological polar surface area (TPSA) is 81.3 Å². The summed E-state index contributed by atoms with van der Waals surface area (Å²) >= 11 is 5.91. The number of aliphatic hydroxyl groups excluding tert-OH is 1. The van der Waals surface area contributed by atoms with Crippen molar-refractivity contribution < 1.29 is 14.4 Å². The third-order valence-corrected chi connectivity index (χ3v) is 5.47. The highest BCUT2D eigenvalue weighted by atomic mass is 35.5. The minimum atomic E-state index is -0.506. The van der Waals surface area contributed by atoms with Gasteiger partial charge in [-0.1, -0.05) is 16.8 Å². The third kappa shape index (κ3) is 2.48. The average molecular weight is 370 g/mol. The molecule has 1 saturated carbocycles. The summed E-state index contributed by atoms with van der Waals surface area (Å²) in [4.78, 5) is 8.86. The van der Waals surface area contributed by atoms with E-state index in [4.69, 9.17) is 20.9 Å². The van der Waals surface area contributed by atoms with Crippen LogP contribution < -0.4 is 4.74 Å². The maximum absolute atomic E-state index is 10.4. The van der Waals surface area contributed by atoms with Crippen molar-refractivity contribution in [3.8, 4) is 28.7 Å². The van der Waals surface area contributed by atoms with E-state index in [0.29, 0.717) is 34.6 Å². The Balaban J connectivity index is 1.45. The van der Waals surface area contributed by atoms with Gasteiger partial charge in [-0.3, -0.25) is 0 Å². The Morgan fingerprint density at radius 1 is 1.15 bits per heavy atom. The Bertz CT molecular complexity index is 966. The summed E-state index contributed by atoms with van der Waals surface area (Å²) in [6.07, 6.45) is 4.53. The van der Waals surface area contributed by atoms with Crippen LogP contribution in [0.15, 0.2) is 41.1 Å². The fraction of sp³-hybridized carbons (Fsp3) is 0.316. The molecule has 26 heavy (non-hydrogen) atoms. The first-order valence-electron chi connectivity index (χ1n) is 8.59. The number of benzene rings is 1. The highest BCUT2D eigenvalue weighted by molar-refractivity contribution is 6.30. The Labute approximate surface area is 154 Å². The maximum atomic E-state index is 10.4. The molecule has 1 spiro atoms. The number of hydrogen-bond donors (Lipinski definition) is 1. The van der Waals surface area contributed by atoms with Crippen molar-refractivity contribution in [2.75, 3.05) is 0 Å². The second-order valence-corrected chi connectivity index (χ2v) is 7.30. The first-order chi connectivity index (χ1) is 12.6. The molecule has 1 atom stereocenters. The Hall–Kier alpha value is -2.44. The molecule has 0 saturated heterocycles. The largest absolute Gasteiger partial charge is 0.468 e. The zero-order valence-corrected chi connectivity index (χ0v) is 14.6. The summed E-state index contributed by atoms with van der Waals surface area (Å²) in [7, 11) is 0. The lowest BCUT2D eigenvalue weighted by Crippen LogP contribution is -2.56. The van der Waals surface area contributed by atoms with Crippen LogP contribution in [0.2, 0.25) is 5.02 Å². The fourth-order valence-corrected chi connectivity index (χ4v) is 3.65. The summed E-state index contributed by atoms with van der Waals surface area (Å²) in [6.45, 7) is 0. The molecule has 2 aliphatic rings. The molecule has 1 N–H and O–H groups in total. The van der Waals surface area contributed by atoms with Crippen LogP contribution in [-0.4, -0.2) is 31.9 Å². The van der Waals surface area contributed by atoms with Gasteiger partial charge in [0.2, 0.25) is 11.7 Å². The molecule has 0 unspecified atom stereocenters. The van der Waals surface area contributed by atoms with Gasteiger partial charge in [-0.05, 0) is 49.6 Å². The van der Waals surface area contributed by atoms with Crippen LogP contribution in [0, 0.1) is 0 Å². The molecule has 1 aliphatic carbocycles. The van der Waals surface area contributed by atoms with Crippen LogP contribution in [0.4, 0.5) is 0 Å². The molecule has 0 radical (unpaired) electrons. The predicted octanol–water partition coefficient (Wildman–Crippen LogP) is 3.67. The van der Waals surface area contributed by atoms with Gasteiger partial charge in [0, 0.05) is 28.8 Å². The number of halogens is 1. The van der Waals surface area contributed by atoms with E-state index in [2.05, 4.69) is 15.1 Å². The molecule has 7 heteroatoms. The lowest BCUT2D eigenvalue weighted by molar-refractivity contribution is -0.118. The number of aliphatic hydroxyl groups is 1. The van der Waals surface area contributed by atoms with Crippen LogP contribution in [0.3, 0.4) is 0 Å². The van der Waals surface area contributed by atoms with E-state index in [0.717, 1.165) is 30.4 Å². The van der Waals surface area contributed by atoms with Crippen molar-refractivity contribution in [2.24, 2.45) is 0 Å². The number of aromatic nitrogens is 3. The normalized spacial score (nSPS) is 20.3. The van der Waals surface area contributed by atoms with Gasteiger partial charge in [0.1, 0.15) is 5.60 Å². The minimum Gasteiger partial charge on any atom is -0.468 e. The summed E-state index contributed by atoms with van der Waals surface area (Å²) in [5, 5.41) is 15.1. The number of fused-ring (bicyclic) bond motifs is 1. The molecule has 3 aromatic rings. The summed E-state index contributed by atoms with van der Waals surface area (Å²) < 4.78 is 11.4. The van der Waals surface area contributed by atoms with Crippen molar-refractivity contribution >= 4 is 11.6 Å². The molecule has 2 aromatic heterocycles. The van der Waals surface area contributed by atoms with E-state index in [9.17, 15) is 5.11 Å². The van der Waals surface area contributed by atoms with E-state index in [1.165, 1.54) is 0 Å². The van der Waals surface area contributed by atoms with Gasteiger partial charge < -0.3 is 14.4 Å². The maximum Gasteiger partial charge on any atom is 0.259 e. The lowest BCUT2D eigenvalue weighted by atomic mass is 9.73. The van der Waals surface area contributed by atoms with Crippen molar-refractivity contribution in [1.82, 2.24) is 15.1 Å². The van der Waals surface area contributed by atoms with E-state index >= 15 is 0 Å². The van der Waals surface area contributed by atoms with Gasteiger partial charge in [-0.25, -0.2) is 4.98 Å². The van der Waals surface area contributed by atoms with Crippen LogP contribution in [-0.2, 0) is 6.42 Å². The molecular formula is C19H16ClN3O3. The van der Waals surface area contributed by atoms with Crippen LogP contribution in [0.25, 0.3) is 22.8 Å². The number of hydrogen-bond acceptors (Lipinski definition) is 6. The summed E-state index contributed by atoms with van der Waals surface area (Å²) in [6, 6.07) is 9.13. The van der Waals surface area contributed by atoms with Crippen LogP contribution >= 0.6 is 11.6 Å². The van der Waals surface area contributed by atoms with Gasteiger partial charge in [0.25, 0.3) is 5.89 Å². The Morgan fingerprint density at radius 2 is 1.96 bits per heavy atom. The zero-order chi connectivity index (χ0) is 17.7. The smallest absolute Gasteiger partial charge is 0.259 e. The lowest BCUT2D eigenvalue weighted by Gasteiger charge is -2.47. The number of ether oxygens (including phenoxy) is 1. The van der Waals surface area contributed by atoms with E-state index in [-0.39, 0.29) is 0 Å².